The molecule has 3 atom stereocenters. The van der Waals surface area contributed by atoms with Crippen LogP contribution in [0, 0.1) is 0 Å². The molecule has 2 saturated heterocycles. The van der Waals surface area contributed by atoms with Crippen molar-refractivity contribution in [1.82, 2.24) is 16.0 Å². The largest absolute Gasteiger partial charge is 0.377 e. The number of carbonyl (C=O) groups is 2. The van der Waals surface area contributed by atoms with E-state index in [0.717, 1.165) is 25.0 Å². The van der Waals surface area contributed by atoms with Gasteiger partial charge < -0.3 is 35.0 Å². The molecule has 0 unspecified atom stereocenters. The van der Waals surface area contributed by atoms with Crippen molar-refractivity contribution < 1.29 is 28.6 Å². The molecule has 0 aromatic carbocycles. The highest BCUT2D eigenvalue weighted by Gasteiger charge is 2.42. The zero-order valence-corrected chi connectivity index (χ0v) is 17.7. The summed E-state index contributed by atoms with van der Waals surface area (Å²) in [5.41, 5.74) is 0. The van der Waals surface area contributed by atoms with Crippen LogP contribution in [0.25, 0.3) is 0 Å². The van der Waals surface area contributed by atoms with Crippen LogP contribution in [-0.4, -0.2) is 87.8 Å². The van der Waals surface area contributed by atoms with E-state index in [4.69, 9.17) is 20.1 Å². The minimum absolute atomic E-state index is 0.0521. The number of nitrogens with one attached hydrogen (secondary N) is 3. The van der Waals surface area contributed by atoms with E-state index in [-0.39, 0.29) is 24.0 Å². The number of carbonyl (C=O) groups excluding carboxylic acids is 2. The monoisotopic (exact) mass is 434 g/mol. The van der Waals surface area contributed by atoms with Gasteiger partial charge in [0.1, 0.15) is 0 Å². The number of ether oxygens (including phenoxy) is 3. The van der Waals surface area contributed by atoms with Gasteiger partial charge in [0.25, 0.3) is 0 Å². The summed E-state index contributed by atoms with van der Waals surface area (Å²) in [6, 6.07) is 0.443. The highest BCUT2D eigenvalue weighted by atomic mass is 32.2. The van der Waals surface area contributed by atoms with Gasteiger partial charge in [-0.15, -0.1) is 0 Å². The van der Waals surface area contributed by atoms with Crippen LogP contribution in [0.1, 0.15) is 25.7 Å². The normalized spacial score (nSPS) is 22.9. The highest BCUT2D eigenvalue weighted by molar-refractivity contribution is 8.00. The van der Waals surface area contributed by atoms with Gasteiger partial charge in [0, 0.05) is 24.0 Å². The van der Waals surface area contributed by atoms with Crippen LogP contribution in [0.3, 0.4) is 0 Å². The summed E-state index contributed by atoms with van der Waals surface area (Å²) in [6.45, 7) is 3.74. The van der Waals surface area contributed by atoms with Crippen LogP contribution >= 0.6 is 11.8 Å². The first kappa shape index (κ1) is 24.2. The lowest BCUT2D eigenvalue weighted by molar-refractivity contribution is -0.121. The second-order valence-corrected chi connectivity index (χ2v) is 8.20. The van der Waals surface area contributed by atoms with Crippen LogP contribution in [-0.2, 0) is 23.8 Å². The summed E-state index contributed by atoms with van der Waals surface area (Å²) in [7, 11) is 0. The topological polar surface area (TPSA) is 133 Å². The number of thioether (sulfide) groups is 1. The molecule has 2 heterocycles. The first-order chi connectivity index (χ1) is 14.2. The summed E-state index contributed by atoms with van der Waals surface area (Å²) < 4.78 is 16.0. The van der Waals surface area contributed by atoms with Gasteiger partial charge in [-0.05, 0) is 12.8 Å². The summed E-state index contributed by atoms with van der Waals surface area (Å²) in [6.07, 6.45) is 3.39. The second-order valence-electron chi connectivity index (χ2n) is 6.93. The van der Waals surface area contributed by atoms with E-state index in [9.17, 15) is 9.59 Å². The maximum absolute atomic E-state index is 11.9. The van der Waals surface area contributed by atoms with Crippen LogP contribution < -0.4 is 21.8 Å². The van der Waals surface area contributed by atoms with Crippen LogP contribution in [0.2, 0.25) is 0 Å². The maximum atomic E-state index is 11.9. The molecule has 0 saturated carbocycles. The molecule has 2 fully saturated rings. The number of amides is 3. The molecule has 2 aliphatic rings. The molecule has 3 amide bonds. The lowest BCUT2D eigenvalue weighted by atomic mass is 10.0. The quantitative estimate of drug-likeness (QED) is 0.140. The number of hydrogen-bond acceptors (Lipinski definition) is 8. The Kier molecular flexibility index (Phi) is 12.3. The number of fused-ring (bicyclic) bond motifs is 1. The summed E-state index contributed by atoms with van der Waals surface area (Å²) in [5.74, 6) is 5.89. The summed E-state index contributed by atoms with van der Waals surface area (Å²) in [5, 5.41) is 9.25. The Hall–Kier alpha value is -1.11. The minimum atomic E-state index is -0.0543. The van der Waals surface area contributed by atoms with Crippen LogP contribution in [0.15, 0.2) is 0 Å². The smallest absolute Gasteiger partial charge is 0.315 e. The predicted octanol–water partition coefficient (Wildman–Crippen LogP) is -0.231. The zero-order valence-electron chi connectivity index (χ0n) is 16.9. The van der Waals surface area contributed by atoms with Crippen molar-refractivity contribution in [3.05, 3.63) is 0 Å². The summed E-state index contributed by atoms with van der Waals surface area (Å²) >= 11 is 1.90. The van der Waals surface area contributed by atoms with Crippen LogP contribution in [0.5, 0.6) is 0 Å². The van der Waals surface area contributed by atoms with Crippen molar-refractivity contribution >= 4 is 23.7 Å². The zero-order chi connectivity index (χ0) is 20.7. The summed E-state index contributed by atoms with van der Waals surface area (Å²) in [4.78, 5) is 27.6. The van der Waals surface area contributed by atoms with Gasteiger partial charge in [0.05, 0.1) is 58.3 Å². The molecule has 29 heavy (non-hydrogen) atoms. The standard InChI is InChI=1S/C18H34N4O6S/c19-28-12-11-27-10-9-26-8-7-25-6-5-20-16(23)4-2-1-3-15-17-14(13-29-15)21-18(24)22-17/h14-15,17H,1-13,19H2,(H,20,23)(H2,21,22,24)/t14-,15-,17-/m0/s1. The first-order valence-electron chi connectivity index (χ1n) is 10.2. The molecule has 0 aromatic heterocycles. The Balaban J connectivity index is 1.33. The van der Waals surface area contributed by atoms with E-state index in [1.165, 1.54) is 0 Å². The molecule has 168 valence electrons. The van der Waals surface area contributed by atoms with E-state index in [1.54, 1.807) is 0 Å². The Morgan fingerprint density at radius 1 is 1.03 bits per heavy atom. The van der Waals surface area contributed by atoms with Crippen molar-refractivity contribution in [2.24, 2.45) is 5.90 Å². The highest BCUT2D eigenvalue weighted by Crippen LogP contribution is 2.33. The molecule has 11 heteroatoms. The van der Waals surface area contributed by atoms with Crippen molar-refractivity contribution in [2.45, 2.75) is 43.0 Å². The van der Waals surface area contributed by atoms with Gasteiger partial charge in [0.2, 0.25) is 5.91 Å². The van der Waals surface area contributed by atoms with Gasteiger partial charge in [0.15, 0.2) is 0 Å². The van der Waals surface area contributed by atoms with E-state index in [0.29, 0.717) is 64.5 Å². The van der Waals surface area contributed by atoms with E-state index in [2.05, 4.69) is 20.8 Å². The van der Waals surface area contributed by atoms with Crippen molar-refractivity contribution in [1.29, 1.82) is 0 Å². The molecule has 0 radical (unpaired) electrons. The molecule has 2 rings (SSSR count). The molecule has 10 nitrogen and oxygen atoms in total. The number of rotatable bonds is 17. The fraction of sp³-hybridized carbons (Fsp3) is 0.889. The fourth-order valence-electron chi connectivity index (χ4n) is 3.27. The maximum Gasteiger partial charge on any atom is 0.315 e. The molecule has 5 N–H and O–H groups in total. The van der Waals surface area contributed by atoms with Gasteiger partial charge >= 0.3 is 6.03 Å². The van der Waals surface area contributed by atoms with Gasteiger partial charge in [-0.1, -0.05) is 6.42 Å². The second kappa shape index (κ2) is 14.8. The Bertz CT molecular complexity index is 487. The molecule has 2 aliphatic heterocycles. The molecule has 0 aromatic rings. The molecular weight excluding hydrogens is 400 g/mol. The lowest BCUT2D eigenvalue weighted by Gasteiger charge is -2.16. The average molecular weight is 435 g/mol. The van der Waals surface area contributed by atoms with Crippen molar-refractivity contribution in [3.63, 3.8) is 0 Å². The van der Waals surface area contributed by atoms with Crippen molar-refractivity contribution in [2.75, 3.05) is 58.5 Å². The number of urea groups is 1. The minimum Gasteiger partial charge on any atom is -0.377 e. The molecule has 0 bridgehead atoms. The molecular formula is C18H34N4O6S. The number of unbranched alkanes of at least 4 members (excludes halogenated alkanes) is 1. The predicted molar refractivity (Wildman–Crippen MR) is 110 cm³/mol. The van der Waals surface area contributed by atoms with Gasteiger partial charge in [-0.3, -0.25) is 4.79 Å². The number of hydrogen-bond donors (Lipinski definition) is 4. The SMILES string of the molecule is NOCCOCCOCCOCCNC(=O)CCCC[C@@H]1SC[C@@H]2NC(=O)N[C@@H]21. The van der Waals surface area contributed by atoms with E-state index in [1.807, 2.05) is 11.8 Å². The Morgan fingerprint density at radius 2 is 1.72 bits per heavy atom. The van der Waals surface area contributed by atoms with E-state index >= 15 is 0 Å². The third-order valence-electron chi connectivity index (χ3n) is 4.74. The van der Waals surface area contributed by atoms with Gasteiger partial charge in [-0.2, -0.15) is 11.8 Å². The average Bonchev–Trinajstić information content (AvgIpc) is 3.25. The number of nitrogens with two attached hydrogens (primary N) is 1. The Labute approximate surface area is 176 Å². The van der Waals surface area contributed by atoms with Gasteiger partial charge in [-0.25, -0.2) is 10.7 Å². The van der Waals surface area contributed by atoms with Crippen molar-refractivity contribution in [3.8, 4) is 0 Å². The lowest BCUT2D eigenvalue weighted by Crippen LogP contribution is -2.36. The molecule has 0 spiro atoms. The van der Waals surface area contributed by atoms with E-state index < -0.39 is 0 Å². The fourth-order valence-corrected chi connectivity index (χ4v) is 4.82. The van der Waals surface area contributed by atoms with Crippen LogP contribution in [0.4, 0.5) is 4.79 Å². The third-order valence-corrected chi connectivity index (χ3v) is 6.25. The molecule has 0 aliphatic carbocycles. The Morgan fingerprint density at radius 3 is 2.45 bits per heavy atom. The first-order valence-corrected chi connectivity index (χ1v) is 11.3. The third kappa shape index (κ3) is 9.96.